The number of rotatable bonds is 7. The SMILES string of the molecule is Cc1cn(C)nc1[C@H](Nc1c(Nc2ccnc(C(=O)N(C)C)c2O)c(=O)c1=O)C1(C)CC=CC1. The predicted molar refractivity (Wildman–Crippen MR) is 129 cm³/mol. The van der Waals surface area contributed by atoms with Gasteiger partial charge in [0, 0.05) is 39.0 Å². The molecule has 10 heteroatoms. The lowest BCUT2D eigenvalue weighted by Gasteiger charge is -2.35. The second-order valence-electron chi connectivity index (χ2n) is 9.27. The molecular weight excluding hydrogens is 436 g/mol. The van der Waals surface area contributed by atoms with Crippen LogP contribution in [-0.4, -0.2) is 44.8 Å². The monoisotopic (exact) mass is 464 g/mol. The number of carbonyl (C=O) groups excluding carboxylic acids is 1. The van der Waals surface area contributed by atoms with Crippen molar-refractivity contribution >= 4 is 23.0 Å². The summed E-state index contributed by atoms with van der Waals surface area (Å²) in [5.41, 5.74) is 0.287. The van der Waals surface area contributed by atoms with Crippen molar-refractivity contribution < 1.29 is 9.90 Å². The number of aromatic nitrogens is 3. The predicted octanol–water partition coefficient (Wildman–Crippen LogP) is 2.38. The van der Waals surface area contributed by atoms with Gasteiger partial charge in [0.25, 0.3) is 16.8 Å². The summed E-state index contributed by atoms with van der Waals surface area (Å²) < 4.78 is 1.73. The van der Waals surface area contributed by atoms with E-state index in [1.165, 1.54) is 17.2 Å². The van der Waals surface area contributed by atoms with Crippen LogP contribution in [0.4, 0.5) is 17.1 Å². The molecule has 1 atom stereocenters. The highest BCUT2D eigenvalue weighted by Gasteiger charge is 2.40. The normalized spacial score (nSPS) is 15.4. The summed E-state index contributed by atoms with van der Waals surface area (Å²) in [6.45, 7) is 4.08. The molecule has 1 aliphatic rings. The molecule has 1 amide bonds. The third-order valence-electron chi connectivity index (χ3n) is 6.35. The molecule has 2 heterocycles. The summed E-state index contributed by atoms with van der Waals surface area (Å²) in [6, 6.07) is 1.11. The number of aromatic hydroxyl groups is 1. The first-order valence-corrected chi connectivity index (χ1v) is 10.9. The maximum Gasteiger partial charge on any atom is 0.275 e. The number of amides is 1. The lowest BCUT2D eigenvalue weighted by molar-refractivity contribution is 0.0819. The molecule has 1 aliphatic carbocycles. The van der Waals surface area contributed by atoms with Gasteiger partial charge in [-0.3, -0.25) is 19.1 Å². The molecule has 0 saturated carbocycles. The minimum atomic E-state index is -0.703. The Morgan fingerprint density at radius 1 is 1.21 bits per heavy atom. The Balaban J connectivity index is 1.70. The summed E-state index contributed by atoms with van der Waals surface area (Å²) in [5.74, 6) is -0.888. The molecule has 178 valence electrons. The van der Waals surface area contributed by atoms with Crippen LogP contribution in [0.2, 0.25) is 0 Å². The second-order valence-corrected chi connectivity index (χ2v) is 9.27. The van der Waals surface area contributed by atoms with Crippen LogP contribution in [0.3, 0.4) is 0 Å². The first-order chi connectivity index (χ1) is 16.0. The van der Waals surface area contributed by atoms with Gasteiger partial charge < -0.3 is 20.6 Å². The Morgan fingerprint density at radius 2 is 1.85 bits per heavy atom. The van der Waals surface area contributed by atoms with Gasteiger partial charge in [0.1, 0.15) is 11.4 Å². The van der Waals surface area contributed by atoms with E-state index < -0.39 is 22.5 Å². The first-order valence-electron chi connectivity index (χ1n) is 10.9. The van der Waals surface area contributed by atoms with E-state index >= 15 is 0 Å². The molecule has 34 heavy (non-hydrogen) atoms. The standard InChI is InChI=1S/C24H28N6O4/c1-13-12-30(5)28-15(13)22(24(2)9-6-7-10-24)27-17-16(20(32)21(17)33)26-14-8-11-25-18(19(14)31)23(34)29(3)4/h6-8,11-12,22,27,31H,9-10H2,1-5H3,(H,25,26)/t22-/m0/s1. The highest BCUT2D eigenvalue weighted by molar-refractivity contribution is 5.97. The van der Waals surface area contributed by atoms with Crippen molar-refractivity contribution in [1.29, 1.82) is 0 Å². The van der Waals surface area contributed by atoms with Gasteiger partial charge in [-0.15, -0.1) is 0 Å². The number of pyridine rings is 1. The van der Waals surface area contributed by atoms with Crippen molar-refractivity contribution in [2.45, 2.75) is 32.7 Å². The molecule has 0 unspecified atom stereocenters. The number of nitrogens with one attached hydrogen (secondary N) is 2. The average Bonchev–Trinajstić information content (AvgIpc) is 3.38. The van der Waals surface area contributed by atoms with Gasteiger partial charge in [0.05, 0.1) is 17.4 Å². The van der Waals surface area contributed by atoms with Gasteiger partial charge in [-0.2, -0.15) is 5.10 Å². The van der Waals surface area contributed by atoms with Crippen molar-refractivity contribution in [3.05, 3.63) is 68.0 Å². The number of anilines is 3. The van der Waals surface area contributed by atoms with Gasteiger partial charge in [0.15, 0.2) is 11.4 Å². The number of carbonyl (C=O) groups is 1. The molecule has 4 rings (SSSR count). The third kappa shape index (κ3) is 3.85. The topological polar surface area (TPSA) is 129 Å². The van der Waals surface area contributed by atoms with Crippen LogP contribution in [0.5, 0.6) is 5.75 Å². The van der Waals surface area contributed by atoms with E-state index in [-0.39, 0.29) is 34.2 Å². The molecule has 2 aromatic heterocycles. The lowest BCUT2D eigenvalue weighted by Crippen LogP contribution is -2.40. The Hall–Kier alpha value is -3.95. The van der Waals surface area contributed by atoms with Crippen molar-refractivity contribution in [1.82, 2.24) is 19.7 Å². The minimum absolute atomic E-state index is 0.0305. The summed E-state index contributed by atoms with van der Waals surface area (Å²) >= 11 is 0. The zero-order chi connectivity index (χ0) is 24.8. The zero-order valence-electron chi connectivity index (χ0n) is 19.8. The van der Waals surface area contributed by atoms with Crippen molar-refractivity contribution in [3.8, 4) is 5.75 Å². The lowest BCUT2D eigenvalue weighted by atomic mass is 9.77. The molecule has 0 bridgehead atoms. The molecule has 0 radical (unpaired) electrons. The quantitative estimate of drug-likeness (QED) is 0.359. The molecule has 0 spiro atoms. The summed E-state index contributed by atoms with van der Waals surface area (Å²) in [5, 5.41) is 21.3. The van der Waals surface area contributed by atoms with E-state index in [2.05, 4.69) is 39.8 Å². The molecule has 1 aromatic carbocycles. The number of aryl methyl sites for hydroxylation is 2. The number of hydrogen-bond donors (Lipinski definition) is 3. The van der Waals surface area contributed by atoms with Crippen molar-refractivity contribution in [3.63, 3.8) is 0 Å². The summed E-state index contributed by atoms with van der Waals surface area (Å²) in [7, 11) is 4.92. The van der Waals surface area contributed by atoms with Crippen LogP contribution >= 0.6 is 0 Å². The van der Waals surface area contributed by atoms with Crippen LogP contribution < -0.4 is 21.5 Å². The van der Waals surface area contributed by atoms with Crippen LogP contribution in [0.15, 0.2) is 40.2 Å². The summed E-state index contributed by atoms with van der Waals surface area (Å²) in [4.78, 5) is 42.6. The van der Waals surface area contributed by atoms with E-state index in [1.807, 2.05) is 20.2 Å². The van der Waals surface area contributed by atoms with Crippen LogP contribution in [0.1, 0.15) is 47.6 Å². The van der Waals surface area contributed by atoms with Crippen LogP contribution in [0, 0.1) is 12.3 Å². The van der Waals surface area contributed by atoms with E-state index in [0.717, 1.165) is 24.1 Å². The fourth-order valence-corrected chi connectivity index (χ4v) is 4.36. The maximum absolute atomic E-state index is 12.6. The molecule has 3 aromatic rings. The highest BCUT2D eigenvalue weighted by atomic mass is 16.3. The zero-order valence-corrected chi connectivity index (χ0v) is 19.8. The fraction of sp³-hybridized carbons (Fsp3) is 0.375. The molecule has 0 aliphatic heterocycles. The molecular formula is C24H28N6O4. The largest absolute Gasteiger partial charge is 0.504 e. The number of allylic oxidation sites excluding steroid dienone is 2. The Kier molecular flexibility index (Phi) is 5.76. The number of nitrogens with zero attached hydrogens (tertiary/aromatic N) is 4. The van der Waals surface area contributed by atoms with E-state index in [0.29, 0.717) is 0 Å². The van der Waals surface area contributed by atoms with Gasteiger partial charge in [-0.25, -0.2) is 4.98 Å². The van der Waals surface area contributed by atoms with E-state index in [9.17, 15) is 19.5 Å². The van der Waals surface area contributed by atoms with Gasteiger partial charge in [-0.1, -0.05) is 19.1 Å². The molecule has 10 nitrogen and oxygen atoms in total. The van der Waals surface area contributed by atoms with Gasteiger partial charge in [0.2, 0.25) is 0 Å². The Bertz CT molecular complexity index is 1350. The third-order valence-corrected chi connectivity index (χ3v) is 6.35. The first kappa shape index (κ1) is 23.2. The minimum Gasteiger partial charge on any atom is -0.504 e. The van der Waals surface area contributed by atoms with Crippen molar-refractivity contribution in [2.75, 3.05) is 24.7 Å². The highest BCUT2D eigenvalue weighted by Crippen LogP contribution is 2.46. The number of hydrogen-bond acceptors (Lipinski definition) is 8. The summed E-state index contributed by atoms with van der Waals surface area (Å²) in [6.07, 6.45) is 9.05. The Morgan fingerprint density at radius 3 is 2.44 bits per heavy atom. The van der Waals surface area contributed by atoms with E-state index in [4.69, 9.17) is 0 Å². The van der Waals surface area contributed by atoms with E-state index in [1.54, 1.807) is 18.8 Å². The Labute approximate surface area is 196 Å². The smallest absolute Gasteiger partial charge is 0.275 e. The van der Waals surface area contributed by atoms with Crippen LogP contribution in [0.25, 0.3) is 0 Å². The molecule has 0 saturated heterocycles. The fourth-order valence-electron chi connectivity index (χ4n) is 4.36. The van der Waals surface area contributed by atoms with Gasteiger partial charge >= 0.3 is 0 Å². The van der Waals surface area contributed by atoms with Gasteiger partial charge in [-0.05, 0) is 31.4 Å². The van der Waals surface area contributed by atoms with Crippen LogP contribution in [-0.2, 0) is 7.05 Å². The average molecular weight is 465 g/mol. The second kappa shape index (κ2) is 8.44. The maximum atomic E-state index is 12.6. The van der Waals surface area contributed by atoms with Crippen molar-refractivity contribution in [2.24, 2.45) is 12.5 Å². The molecule has 0 fully saturated rings. The molecule has 3 N–H and O–H groups in total.